The number of benzene rings is 1. The second-order valence-electron chi connectivity index (χ2n) is 11.2. The van der Waals surface area contributed by atoms with Crippen LogP contribution in [0.3, 0.4) is 0 Å². The number of rotatable bonds is 6. The van der Waals surface area contributed by atoms with Gasteiger partial charge in [0, 0.05) is 49.2 Å². The van der Waals surface area contributed by atoms with Crippen LogP contribution in [0.25, 0.3) is 0 Å². The van der Waals surface area contributed by atoms with Gasteiger partial charge in [-0.15, -0.1) is 0 Å². The molecule has 4 heterocycles. The van der Waals surface area contributed by atoms with E-state index in [0.29, 0.717) is 30.8 Å². The minimum Gasteiger partial charge on any atom is -0.381 e. The van der Waals surface area contributed by atoms with E-state index in [2.05, 4.69) is 46.4 Å². The quantitative estimate of drug-likeness (QED) is 0.536. The Morgan fingerprint density at radius 3 is 2.57 bits per heavy atom. The molecule has 0 radical (unpaired) electrons. The van der Waals surface area contributed by atoms with E-state index in [1.54, 1.807) is 0 Å². The van der Waals surface area contributed by atoms with Gasteiger partial charge >= 0.3 is 0 Å². The fraction of sp³-hybridized carbons (Fsp3) is 0.600. The number of hydrogen-bond donors (Lipinski definition) is 1. The summed E-state index contributed by atoms with van der Waals surface area (Å²) < 4.78 is 11.7. The first-order valence-corrected chi connectivity index (χ1v) is 14.2. The molecule has 2 aromatic rings. The lowest BCUT2D eigenvalue weighted by Crippen LogP contribution is -2.45. The third-order valence-corrected chi connectivity index (χ3v) is 8.91. The minimum absolute atomic E-state index is 0.0323. The molecule has 1 aromatic carbocycles. The van der Waals surface area contributed by atoms with E-state index < -0.39 is 0 Å². The van der Waals surface area contributed by atoms with Crippen molar-refractivity contribution in [3.05, 3.63) is 42.1 Å². The Morgan fingerprint density at radius 1 is 1.05 bits per heavy atom. The molecule has 3 fully saturated rings. The molecule has 1 amide bonds. The molecule has 2 bridgehead atoms. The highest BCUT2D eigenvalue weighted by atomic mass is 16.5. The van der Waals surface area contributed by atoms with Gasteiger partial charge in [0.25, 0.3) is 0 Å². The molecule has 1 aromatic heterocycles. The van der Waals surface area contributed by atoms with Crippen LogP contribution >= 0.6 is 0 Å². The second-order valence-corrected chi connectivity index (χ2v) is 11.2. The van der Waals surface area contributed by atoms with Gasteiger partial charge in [0.2, 0.25) is 5.91 Å². The average molecular weight is 505 g/mol. The summed E-state index contributed by atoms with van der Waals surface area (Å²) >= 11 is 0. The molecule has 4 aliphatic rings. The maximum atomic E-state index is 14.1. The molecule has 7 nitrogen and oxygen atoms in total. The third kappa shape index (κ3) is 4.84. The molecular weight excluding hydrogens is 464 g/mol. The highest BCUT2D eigenvalue weighted by molar-refractivity contribution is 6.00. The predicted molar refractivity (Wildman–Crippen MR) is 146 cm³/mol. The summed E-state index contributed by atoms with van der Waals surface area (Å²) in [6.45, 7) is 3.49. The van der Waals surface area contributed by atoms with Crippen molar-refractivity contribution in [3.8, 4) is 0 Å². The van der Waals surface area contributed by atoms with E-state index in [9.17, 15) is 4.79 Å². The smallest absolute Gasteiger partial charge is 0.230 e. The van der Waals surface area contributed by atoms with Crippen molar-refractivity contribution >= 4 is 28.8 Å². The maximum absolute atomic E-state index is 14.1. The summed E-state index contributed by atoms with van der Waals surface area (Å²) in [6.07, 6.45) is 11.8. The lowest BCUT2D eigenvalue weighted by Gasteiger charge is -2.40. The summed E-state index contributed by atoms with van der Waals surface area (Å²) in [7, 11) is 1.84. The molecule has 1 aliphatic carbocycles. The zero-order valence-electron chi connectivity index (χ0n) is 22.2. The van der Waals surface area contributed by atoms with Crippen LogP contribution < -0.4 is 15.1 Å². The summed E-state index contributed by atoms with van der Waals surface area (Å²) in [5, 5.41) is 3.54. The Kier molecular flexibility index (Phi) is 7.08. The molecule has 1 saturated carbocycles. The first-order chi connectivity index (χ1) is 18.1. The molecule has 198 valence electrons. The summed E-state index contributed by atoms with van der Waals surface area (Å²) in [4.78, 5) is 23.3. The number of nitrogens with zero attached hydrogens (tertiary/aromatic N) is 3. The van der Waals surface area contributed by atoms with E-state index in [0.717, 1.165) is 74.3 Å². The lowest BCUT2D eigenvalue weighted by molar-refractivity contribution is -0.124. The van der Waals surface area contributed by atoms with Gasteiger partial charge in [-0.05, 0) is 82.1 Å². The number of fused-ring (bicyclic) bond motifs is 4. The average Bonchev–Trinajstić information content (AvgIpc) is 3.10. The SMILES string of the molecule is CCCOC1CCC(C(=O)N2Cc3cccnc3Nc3ccc(N4[C@@H]5CC[C@H]4CC(OC)C5)cc32)CC1. The van der Waals surface area contributed by atoms with Crippen LogP contribution in [-0.2, 0) is 20.8 Å². The van der Waals surface area contributed by atoms with Gasteiger partial charge in [-0.2, -0.15) is 0 Å². The summed E-state index contributed by atoms with van der Waals surface area (Å²) in [6, 6.07) is 11.7. The lowest BCUT2D eigenvalue weighted by atomic mass is 9.86. The molecule has 37 heavy (non-hydrogen) atoms. The zero-order valence-corrected chi connectivity index (χ0v) is 22.2. The summed E-state index contributed by atoms with van der Waals surface area (Å²) in [5.41, 5.74) is 4.19. The molecule has 1 N–H and O–H groups in total. The van der Waals surface area contributed by atoms with E-state index in [1.165, 1.54) is 18.5 Å². The van der Waals surface area contributed by atoms with Gasteiger partial charge < -0.3 is 24.6 Å². The van der Waals surface area contributed by atoms with Gasteiger partial charge in [0.05, 0.1) is 30.1 Å². The molecule has 3 atom stereocenters. The van der Waals surface area contributed by atoms with Crippen LogP contribution in [0.1, 0.15) is 70.3 Å². The van der Waals surface area contributed by atoms with Crippen molar-refractivity contribution in [1.29, 1.82) is 0 Å². The molecule has 1 unspecified atom stereocenters. The molecule has 3 aliphatic heterocycles. The number of hydrogen-bond acceptors (Lipinski definition) is 6. The Balaban J connectivity index is 1.29. The largest absolute Gasteiger partial charge is 0.381 e. The van der Waals surface area contributed by atoms with Crippen LogP contribution in [-0.4, -0.2) is 48.9 Å². The van der Waals surface area contributed by atoms with Crippen molar-refractivity contribution in [1.82, 2.24) is 4.98 Å². The van der Waals surface area contributed by atoms with E-state index in [4.69, 9.17) is 9.47 Å². The van der Waals surface area contributed by atoms with Gasteiger partial charge in [0.1, 0.15) is 5.82 Å². The normalized spacial score (nSPS) is 28.8. The molecule has 0 spiro atoms. The molecule has 7 heteroatoms. The van der Waals surface area contributed by atoms with E-state index in [1.807, 2.05) is 24.3 Å². The van der Waals surface area contributed by atoms with Crippen LogP contribution in [0.2, 0.25) is 0 Å². The first kappa shape index (κ1) is 24.7. The Bertz CT molecular complexity index is 1100. The van der Waals surface area contributed by atoms with Crippen molar-refractivity contribution in [3.63, 3.8) is 0 Å². The first-order valence-electron chi connectivity index (χ1n) is 14.2. The van der Waals surface area contributed by atoms with Crippen molar-refractivity contribution < 1.29 is 14.3 Å². The monoisotopic (exact) mass is 504 g/mol. The van der Waals surface area contributed by atoms with Gasteiger partial charge in [-0.3, -0.25) is 4.79 Å². The second kappa shape index (κ2) is 10.6. The van der Waals surface area contributed by atoms with E-state index >= 15 is 0 Å². The number of anilines is 4. The van der Waals surface area contributed by atoms with Crippen LogP contribution in [0, 0.1) is 5.92 Å². The number of aromatic nitrogens is 1. The van der Waals surface area contributed by atoms with Crippen LogP contribution in [0.4, 0.5) is 22.9 Å². The van der Waals surface area contributed by atoms with Crippen LogP contribution in [0.15, 0.2) is 36.5 Å². The number of carbonyl (C=O) groups excluding carboxylic acids is 1. The molecule has 2 saturated heterocycles. The Labute approximate surface area is 220 Å². The van der Waals surface area contributed by atoms with Crippen LogP contribution in [0.5, 0.6) is 0 Å². The van der Waals surface area contributed by atoms with Gasteiger partial charge in [0.15, 0.2) is 0 Å². The highest BCUT2D eigenvalue weighted by Crippen LogP contribution is 2.44. The number of methoxy groups -OCH3 is 1. The van der Waals surface area contributed by atoms with E-state index in [-0.39, 0.29) is 11.8 Å². The topological polar surface area (TPSA) is 66.9 Å². The molecular formula is C30H40N4O3. The Morgan fingerprint density at radius 2 is 1.84 bits per heavy atom. The maximum Gasteiger partial charge on any atom is 0.230 e. The number of pyridine rings is 1. The van der Waals surface area contributed by atoms with Gasteiger partial charge in [-0.1, -0.05) is 13.0 Å². The van der Waals surface area contributed by atoms with Crippen molar-refractivity contribution in [2.75, 3.05) is 28.8 Å². The fourth-order valence-corrected chi connectivity index (χ4v) is 6.99. The summed E-state index contributed by atoms with van der Waals surface area (Å²) in [5.74, 6) is 1.10. The number of piperidine rings is 1. The van der Waals surface area contributed by atoms with Crippen molar-refractivity contribution in [2.45, 2.75) is 95.5 Å². The minimum atomic E-state index is 0.0323. The Hall–Kier alpha value is -2.64. The fourth-order valence-electron chi connectivity index (χ4n) is 6.99. The standard InChI is InChI=1S/C30H40N4O3/c1-3-15-37-25-11-6-20(7-12-25)30(35)33-19-21-5-4-14-31-29(21)32-27-13-10-24(18-28(27)33)34-22-8-9-23(34)17-26(16-22)36-2/h4-5,10,13-14,18,20,22-23,25-26H,3,6-9,11-12,15-17,19H2,1-2H3,(H,31,32)/t20?,22-,23+,25?,26?. The molecule has 6 rings (SSSR count). The van der Waals surface area contributed by atoms with Gasteiger partial charge in [-0.25, -0.2) is 4.98 Å². The number of ether oxygens (including phenoxy) is 2. The number of carbonyl (C=O) groups is 1. The number of amides is 1. The highest BCUT2D eigenvalue weighted by Gasteiger charge is 2.41. The van der Waals surface area contributed by atoms with Crippen molar-refractivity contribution in [2.24, 2.45) is 5.92 Å². The predicted octanol–water partition coefficient (Wildman–Crippen LogP) is 5.80. The number of nitrogens with one attached hydrogen (secondary N) is 1. The zero-order chi connectivity index (χ0) is 25.4. The third-order valence-electron chi connectivity index (χ3n) is 8.91.